The number of fused-ring (bicyclic) bond motifs is 1. The summed E-state index contributed by atoms with van der Waals surface area (Å²) in [5.74, 6) is -1.40. The van der Waals surface area contributed by atoms with Crippen LogP contribution in [0.15, 0.2) is 30.6 Å². The van der Waals surface area contributed by atoms with E-state index in [0.717, 1.165) is 0 Å². The molecule has 0 atom stereocenters. The fourth-order valence-corrected chi connectivity index (χ4v) is 3.43. The summed E-state index contributed by atoms with van der Waals surface area (Å²) in [6.45, 7) is 3.74. The second-order valence-corrected chi connectivity index (χ2v) is 6.24. The highest BCUT2D eigenvalue weighted by atomic mass is 32.1. The second kappa shape index (κ2) is 7.44. The van der Waals surface area contributed by atoms with Gasteiger partial charge in [0.05, 0.1) is 17.6 Å². The molecule has 3 rings (SSSR count). The molecular weight excluding hydrogens is 359 g/mol. The first kappa shape index (κ1) is 17.7. The molecule has 2 aromatic heterocycles. The van der Waals surface area contributed by atoms with E-state index in [1.165, 1.54) is 35.9 Å². The monoisotopic (exact) mass is 374 g/mol. The number of nitrogens with zero attached hydrogens (tertiary/aromatic N) is 2. The van der Waals surface area contributed by atoms with Gasteiger partial charge < -0.3 is 4.74 Å². The lowest BCUT2D eigenvalue weighted by molar-refractivity contribution is 0.0531. The fraction of sp³-hybridized carbons (Fsp3) is 0.176. The summed E-state index contributed by atoms with van der Waals surface area (Å²) in [7, 11) is 0. The van der Waals surface area contributed by atoms with Crippen LogP contribution in [0.2, 0.25) is 0 Å². The van der Waals surface area contributed by atoms with E-state index < -0.39 is 17.7 Å². The fourth-order valence-electron chi connectivity index (χ4n) is 2.39. The van der Waals surface area contributed by atoms with Crippen LogP contribution < -0.4 is 10.9 Å². The van der Waals surface area contributed by atoms with Crippen molar-refractivity contribution in [3.63, 3.8) is 0 Å². The van der Waals surface area contributed by atoms with Crippen LogP contribution in [0.3, 0.4) is 0 Å². The van der Waals surface area contributed by atoms with Gasteiger partial charge in [-0.1, -0.05) is 12.1 Å². The van der Waals surface area contributed by atoms with Crippen LogP contribution in [-0.4, -0.2) is 28.5 Å². The van der Waals surface area contributed by atoms with E-state index in [-0.39, 0.29) is 12.2 Å². The quantitative estimate of drug-likeness (QED) is 0.527. The van der Waals surface area contributed by atoms with Gasteiger partial charge in [-0.15, -0.1) is 11.3 Å². The topological polar surface area (TPSA) is 93.2 Å². The van der Waals surface area contributed by atoms with Gasteiger partial charge in [0, 0.05) is 0 Å². The Kier molecular flexibility index (Phi) is 5.08. The van der Waals surface area contributed by atoms with Crippen molar-refractivity contribution in [3.8, 4) is 0 Å². The van der Waals surface area contributed by atoms with Crippen molar-refractivity contribution in [1.29, 1.82) is 0 Å². The van der Waals surface area contributed by atoms with Gasteiger partial charge in [0.2, 0.25) is 0 Å². The van der Waals surface area contributed by atoms with Gasteiger partial charge >= 0.3 is 5.97 Å². The number of hydrogen-bond acceptors (Lipinski definition) is 7. The zero-order chi connectivity index (χ0) is 18.7. The van der Waals surface area contributed by atoms with E-state index in [2.05, 4.69) is 20.8 Å². The average Bonchev–Trinajstić information content (AvgIpc) is 2.98. The number of carbonyl (C=O) groups excluding carboxylic acids is 2. The average molecular weight is 374 g/mol. The number of benzene rings is 1. The molecule has 26 heavy (non-hydrogen) atoms. The molecule has 0 aliphatic rings. The molecule has 0 unspecified atom stereocenters. The van der Waals surface area contributed by atoms with E-state index in [0.29, 0.717) is 26.5 Å². The number of thiophene rings is 1. The third-order valence-electron chi connectivity index (χ3n) is 3.60. The maximum Gasteiger partial charge on any atom is 0.348 e. The number of anilines is 1. The molecule has 0 aliphatic heterocycles. The van der Waals surface area contributed by atoms with Gasteiger partial charge in [0.25, 0.3) is 5.91 Å². The van der Waals surface area contributed by atoms with Crippen molar-refractivity contribution >= 4 is 39.2 Å². The van der Waals surface area contributed by atoms with Gasteiger partial charge in [-0.05, 0) is 31.5 Å². The highest BCUT2D eigenvalue weighted by molar-refractivity contribution is 7.20. The number of nitrogens with one attached hydrogen (secondary N) is 2. The van der Waals surface area contributed by atoms with Crippen LogP contribution in [0.1, 0.15) is 32.5 Å². The first-order chi connectivity index (χ1) is 12.5. The molecule has 2 heterocycles. The van der Waals surface area contributed by atoms with Gasteiger partial charge in [-0.25, -0.2) is 19.2 Å². The number of aromatic nitrogens is 2. The summed E-state index contributed by atoms with van der Waals surface area (Å²) >= 11 is 1.18. The van der Waals surface area contributed by atoms with Crippen molar-refractivity contribution < 1.29 is 18.7 Å². The molecule has 3 aromatic rings. The highest BCUT2D eigenvalue weighted by Crippen LogP contribution is 2.33. The lowest BCUT2D eigenvalue weighted by atomic mass is 10.2. The van der Waals surface area contributed by atoms with E-state index in [4.69, 9.17) is 4.74 Å². The van der Waals surface area contributed by atoms with Crippen LogP contribution >= 0.6 is 11.3 Å². The number of hydrogen-bond donors (Lipinski definition) is 2. The summed E-state index contributed by atoms with van der Waals surface area (Å²) in [5, 5.41) is 0.592. The lowest BCUT2D eigenvalue weighted by Gasteiger charge is -2.09. The molecule has 7 nitrogen and oxygen atoms in total. The third kappa shape index (κ3) is 3.33. The summed E-state index contributed by atoms with van der Waals surface area (Å²) in [6.07, 6.45) is 1.31. The molecule has 9 heteroatoms. The van der Waals surface area contributed by atoms with E-state index in [1.54, 1.807) is 19.9 Å². The number of rotatable bonds is 5. The minimum Gasteiger partial charge on any atom is -0.462 e. The van der Waals surface area contributed by atoms with Crippen LogP contribution in [0.25, 0.3) is 10.2 Å². The van der Waals surface area contributed by atoms with Gasteiger partial charge in [0.15, 0.2) is 5.82 Å². The summed E-state index contributed by atoms with van der Waals surface area (Å²) in [5.41, 5.74) is 5.63. The Balaban J connectivity index is 1.88. The highest BCUT2D eigenvalue weighted by Gasteiger charge is 2.20. The molecule has 134 valence electrons. The maximum absolute atomic E-state index is 13.7. The van der Waals surface area contributed by atoms with Crippen molar-refractivity contribution in [2.75, 3.05) is 12.0 Å². The Bertz CT molecular complexity index is 989. The molecule has 2 N–H and O–H groups in total. The molecule has 0 radical (unpaired) electrons. The SMILES string of the molecule is CCOC(=O)c1sc2ncnc(NNC(=O)c3ccccc3F)c2c1C. The molecule has 1 aromatic carbocycles. The number of aryl methyl sites for hydroxylation is 1. The van der Waals surface area contributed by atoms with Crippen LogP contribution in [-0.2, 0) is 4.74 Å². The Hall–Kier alpha value is -3.07. The normalized spacial score (nSPS) is 10.6. The second-order valence-electron chi connectivity index (χ2n) is 5.24. The smallest absolute Gasteiger partial charge is 0.348 e. The number of ether oxygens (including phenoxy) is 1. The number of halogens is 1. The van der Waals surface area contributed by atoms with Crippen molar-refractivity contribution in [1.82, 2.24) is 15.4 Å². The predicted molar refractivity (Wildman–Crippen MR) is 95.6 cm³/mol. The standard InChI is InChI=1S/C17H15FN4O3S/c1-3-25-17(24)13-9(2)12-14(19-8-20-16(12)26-13)21-22-15(23)10-6-4-5-7-11(10)18/h4-8H,3H2,1-2H3,(H,22,23)(H,19,20,21). The number of esters is 1. The first-order valence-corrected chi connectivity index (χ1v) is 8.56. The largest absolute Gasteiger partial charge is 0.462 e. The van der Waals surface area contributed by atoms with Gasteiger partial charge in [-0.2, -0.15) is 0 Å². The molecule has 0 fully saturated rings. The first-order valence-electron chi connectivity index (χ1n) is 7.75. The van der Waals surface area contributed by atoms with Crippen molar-refractivity contribution in [2.45, 2.75) is 13.8 Å². The Morgan fingerprint density at radius 2 is 2.04 bits per heavy atom. The van der Waals surface area contributed by atoms with Crippen LogP contribution in [0, 0.1) is 12.7 Å². The van der Waals surface area contributed by atoms with Crippen LogP contribution in [0.5, 0.6) is 0 Å². The molecule has 1 amide bonds. The summed E-state index contributed by atoms with van der Waals surface area (Å²) in [6, 6.07) is 5.64. The Morgan fingerprint density at radius 3 is 2.77 bits per heavy atom. The molecule has 0 saturated heterocycles. The van der Waals surface area contributed by atoms with Crippen molar-refractivity contribution in [2.24, 2.45) is 0 Å². The number of carbonyl (C=O) groups is 2. The number of hydrazine groups is 1. The zero-order valence-electron chi connectivity index (χ0n) is 14.0. The summed E-state index contributed by atoms with van der Waals surface area (Å²) < 4.78 is 18.7. The van der Waals surface area contributed by atoms with Gasteiger partial charge in [0.1, 0.15) is 21.9 Å². The predicted octanol–water partition coefficient (Wildman–Crippen LogP) is 3.07. The summed E-state index contributed by atoms with van der Waals surface area (Å²) in [4.78, 5) is 33.4. The Morgan fingerprint density at radius 1 is 1.27 bits per heavy atom. The molecule has 0 saturated carbocycles. The minimum absolute atomic E-state index is 0.0976. The Labute approximate surface area is 152 Å². The molecular formula is C17H15FN4O3S. The van der Waals surface area contributed by atoms with Crippen molar-refractivity contribution in [3.05, 3.63) is 52.4 Å². The number of amides is 1. The lowest BCUT2D eigenvalue weighted by Crippen LogP contribution is -2.30. The maximum atomic E-state index is 13.7. The molecule has 0 bridgehead atoms. The minimum atomic E-state index is -0.645. The van der Waals surface area contributed by atoms with Gasteiger partial charge in [-0.3, -0.25) is 15.6 Å². The van der Waals surface area contributed by atoms with Crippen LogP contribution in [0.4, 0.5) is 10.2 Å². The molecule has 0 spiro atoms. The zero-order valence-corrected chi connectivity index (χ0v) is 14.8. The van der Waals surface area contributed by atoms with E-state index in [9.17, 15) is 14.0 Å². The third-order valence-corrected chi connectivity index (χ3v) is 4.78. The van der Waals surface area contributed by atoms with E-state index in [1.807, 2.05) is 0 Å². The molecule has 0 aliphatic carbocycles. The van der Waals surface area contributed by atoms with E-state index >= 15 is 0 Å².